The molecule has 0 aliphatic carbocycles. The number of benzene rings is 1. The third-order valence-electron chi connectivity index (χ3n) is 2.62. The van der Waals surface area contributed by atoms with E-state index in [-0.39, 0.29) is 16.4 Å². The van der Waals surface area contributed by atoms with Crippen LogP contribution in [0.2, 0.25) is 0 Å². The van der Waals surface area contributed by atoms with Crippen molar-refractivity contribution in [1.82, 2.24) is 14.9 Å². The minimum atomic E-state index is -2.56. The molecule has 0 spiro atoms. The second-order valence-electron chi connectivity index (χ2n) is 4.07. The predicted octanol–water partition coefficient (Wildman–Crippen LogP) is 3.00. The highest BCUT2D eigenvalue weighted by Crippen LogP contribution is 2.29. The Hall–Kier alpha value is -1.89. The molecule has 0 bridgehead atoms. The Morgan fingerprint density at radius 3 is 2.85 bits per heavy atom. The third-order valence-corrected chi connectivity index (χ3v) is 3.41. The van der Waals surface area contributed by atoms with Crippen molar-refractivity contribution in [2.75, 3.05) is 7.05 Å². The Morgan fingerprint density at radius 1 is 1.45 bits per heavy atom. The molecule has 1 aromatic carbocycles. The smallest absolute Gasteiger partial charge is 0.288 e. The van der Waals surface area contributed by atoms with Gasteiger partial charge in [-0.2, -0.15) is 8.78 Å². The summed E-state index contributed by atoms with van der Waals surface area (Å²) in [4.78, 5) is 20.9. The molecule has 106 valence electrons. The Balaban J connectivity index is 2.15. The van der Waals surface area contributed by atoms with Crippen molar-refractivity contribution in [3.8, 4) is 0 Å². The highest BCUT2D eigenvalue weighted by atomic mass is 32.2. The van der Waals surface area contributed by atoms with Gasteiger partial charge in [0.1, 0.15) is 5.82 Å². The summed E-state index contributed by atoms with van der Waals surface area (Å²) in [6.07, 6.45) is 3.25. The Morgan fingerprint density at radius 2 is 2.20 bits per heavy atom. The van der Waals surface area contributed by atoms with Crippen molar-refractivity contribution in [1.29, 1.82) is 0 Å². The van der Waals surface area contributed by atoms with Crippen molar-refractivity contribution in [2.45, 2.75) is 17.2 Å². The molecule has 2 rings (SSSR count). The van der Waals surface area contributed by atoms with Crippen LogP contribution >= 0.6 is 11.8 Å². The lowest BCUT2D eigenvalue weighted by molar-refractivity contribution is 0.0778. The SMILES string of the molecule is CN(Cc1ncc[nH]1)C(=O)c1ccccc1SC(F)F. The van der Waals surface area contributed by atoms with E-state index in [0.29, 0.717) is 24.1 Å². The average Bonchev–Trinajstić information content (AvgIpc) is 2.90. The van der Waals surface area contributed by atoms with Crippen molar-refractivity contribution in [3.05, 3.63) is 48.0 Å². The number of hydrogen-bond acceptors (Lipinski definition) is 3. The first-order valence-corrected chi connectivity index (χ1v) is 6.73. The molecule has 0 fully saturated rings. The normalized spacial score (nSPS) is 10.8. The van der Waals surface area contributed by atoms with Crippen LogP contribution in [0.4, 0.5) is 8.78 Å². The van der Waals surface area contributed by atoms with Gasteiger partial charge in [0.25, 0.3) is 11.7 Å². The summed E-state index contributed by atoms with van der Waals surface area (Å²) in [7, 11) is 1.61. The van der Waals surface area contributed by atoms with E-state index >= 15 is 0 Å². The van der Waals surface area contributed by atoms with Crippen LogP contribution < -0.4 is 0 Å². The minimum Gasteiger partial charge on any atom is -0.347 e. The monoisotopic (exact) mass is 297 g/mol. The molecule has 0 saturated heterocycles. The molecule has 20 heavy (non-hydrogen) atoms. The van der Waals surface area contributed by atoms with Crippen LogP contribution in [0.25, 0.3) is 0 Å². The number of alkyl halides is 2. The zero-order valence-electron chi connectivity index (χ0n) is 10.7. The summed E-state index contributed by atoms with van der Waals surface area (Å²) >= 11 is 0.374. The molecule has 1 aromatic heterocycles. The molecule has 1 heterocycles. The van der Waals surface area contributed by atoms with E-state index in [4.69, 9.17) is 0 Å². The molecule has 0 saturated carbocycles. The van der Waals surface area contributed by atoms with Crippen LogP contribution in [0.5, 0.6) is 0 Å². The highest BCUT2D eigenvalue weighted by molar-refractivity contribution is 7.99. The summed E-state index contributed by atoms with van der Waals surface area (Å²) in [6, 6.07) is 6.36. The van der Waals surface area contributed by atoms with Crippen molar-refractivity contribution < 1.29 is 13.6 Å². The van der Waals surface area contributed by atoms with Gasteiger partial charge in [0.2, 0.25) is 0 Å². The average molecular weight is 297 g/mol. The van der Waals surface area contributed by atoms with E-state index < -0.39 is 5.76 Å². The number of nitrogens with one attached hydrogen (secondary N) is 1. The Kier molecular flexibility index (Phi) is 4.73. The van der Waals surface area contributed by atoms with Crippen molar-refractivity contribution >= 4 is 17.7 Å². The highest BCUT2D eigenvalue weighted by Gasteiger charge is 2.18. The molecule has 7 heteroatoms. The minimum absolute atomic E-state index is 0.270. The van der Waals surface area contributed by atoms with E-state index in [0.717, 1.165) is 0 Å². The Labute approximate surface area is 119 Å². The number of rotatable bonds is 5. The predicted molar refractivity (Wildman–Crippen MR) is 72.7 cm³/mol. The molecule has 0 aliphatic heterocycles. The summed E-state index contributed by atoms with van der Waals surface area (Å²) in [5, 5.41) is 0. The maximum absolute atomic E-state index is 12.5. The first-order chi connectivity index (χ1) is 9.58. The number of aromatic nitrogens is 2. The van der Waals surface area contributed by atoms with Crippen LogP contribution in [-0.4, -0.2) is 33.6 Å². The fourth-order valence-corrected chi connectivity index (χ4v) is 2.36. The molecule has 1 amide bonds. The summed E-state index contributed by atoms with van der Waals surface area (Å²) in [5.74, 6) is -2.23. The van der Waals surface area contributed by atoms with Gasteiger partial charge in [-0.15, -0.1) is 0 Å². The van der Waals surface area contributed by atoms with Crippen molar-refractivity contribution in [2.24, 2.45) is 0 Å². The van der Waals surface area contributed by atoms with Gasteiger partial charge in [-0.25, -0.2) is 4.98 Å². The number of amides is 1. The third kappa shape index (κ3) is 3.57. The number of halogens is 2. The molecular weight excluding hydrogens is 284 g/mol. The molecule has 4 nitrogen and oxygen atoms in total. The summed E-state index contributed by atoms with van der Waals surface area (Å²) in [6.45, 7) is 0.291. The summed E-state index contributed by atoms with van der Waals surface area (Å²) in [5.41, 5.74) is 0.270. The number of nitrogens with zero attached hydrogens (tertiary/aromatic N) is 2. The van der Waals surface area contributed by atoms with Crippen LogP contribution in [0.1, 0.15) is 16.2 Å². The lowest BCUT2D eigenvalue weighted by Gasteiger charge is -2.17. The zero-order chi connectivity index (χ0) is 14.5. The van der Waals surface area contributed by atoms with Gasteiger partial charge in [0.05, 0.1) is 12.1 Å². The maximum atomic E-state index is 12.5. The van der Waals surface area contributed by atoms with Crippen LogP contribution in [0.15, 0.2) is 41.6 Å². The second-order valence-corrected chi connectivity index (χ2v) is 5.10. The fraction of sp³-hybridized carbons (Fsp3) is 0.231. The van der Waals surface area contributed by atoms with Gasteiger partial charge < -0.3 is 9.88 Å². The van der Waals surface area contributed by atoms with E-state index in [1.807, 2.05) is 0 Å². The topological polar surface area (TPSA) is 49.0 Å². The number of hydrogen-bond donors (Lipinski definition) is 1. The molecule has 0 atom stereocenters. The molecular formula is C13H13F2N3OS. The number of aromatic amines is 1. The number of thioether (sulfide) groups is 1. The van der Waals surface area contributed by atoms with Gasteiger partial charge in [-0.3, -0.25) is 4.79 Å². The fourth-order valence-electron chi connectivity index (χ4n) is 1.73. The standard InChI is InChI=1S/C13H13F2N3OS/c1-18(8-11-16-6-7-17-11)12(19)9-4-2-3-5-10(9)20-13(14)15/h2-7,13H,8H2,1H3,(H,16,17). The van der Waals surface area contributed by atoms with Crippen LogP contribution in [0.3, 0.4) is 0 Å². The van der Waals surface area contributed by atoms with Crippen molar-refractivity contribution in [3.63, 3.8) is 0 Å². The largest absolute Gasteiger partial charge is 0.347 e. The lowest BCUT2D eigenvalue weighted by atomic mass is 10.2. The zero-order valence-corrected chi connectivity index (χ0v) is 11.5. The quantitative estimate of drug-likeness (QED) is 0.863. The summed E-state index contributed by atoms with van der Waals surface area (Å²) < 4.78 is 25.0. The molecule has 2 aromatic rings. The maximum Gasteiger partial charge on any atom is 0.288 e. The van der Waals surface area contributed by atoms with Gasteiger partial charge in [-0.1, -0.05) is 23.9 Å². The van der Waals surface area contributed by atoms with E-state index in [9.17, 15) is 13.6 Å². The van der Waals surface area contributed by atoms with E-state index in [1.165, 1.54) is 11.0 Å². The lowest BCUT2D eigenvalue weighted by Crippen LogP contribution is -2.27. The van der Waals surface area contributed by atoms with Gasteiger partial charge in [-0.05, 0) is 12.1 Å². The molecule has 0 aliphatic rings. The van der Waals surface area contributed by atoms with Gasteiger partial charge in [0.15, 0.2) is 0 Å². The van der Waals surface area contributed by atoms with Gasteiger partial charge >= 0.3 is 0 Å². The number of carbonyl (C=O) groups excluding carboxylic acids is 1. The molecule has 0 unspecified atom stereocenters. The van der Waals surface area contributed by atoms with Gasteiger partial charge in [0, 0.05) is 24.3 Å². The molecule has 1 N–H and O–H groups in total. The van der Waals surface area contributed by atoms with E-state index in [2.05, 4.69) is 9.97 Å². The Bertz CT molecular complexity index is 575. The number of imidazole rings is 1. The second kappa shape index (κ2) is 6.51. The van der Waals surface area contributed by atoms with Crippen LogP contribution in [-0.2, 0) is 6.54 Å². The van der Waals surface area contributed by atoms with E-state index in [1.54, 1.807) is 37.6 Å². The first-order valence-electron chi connectivity index (χ1n) is 5.85. The molecule has 0 radical (unpaired) electrons. The van der Waals surface area contributed by atoms with Crippen LogP contribution in [0, 0.1) is 0 Å². The first kappa shape index (κ1) is 14.5. The number of H-pyrrole nitrogens is 1. The number of carbonyl (C=O) groups is 1.